The molecule has 0 aliphatic carbocycles. The molecule has 0 atom stereocenters. The van der Waals surface area contributed by atoms with Crippen LogP contribution in [0, 0.1) is 0 Å². The van der Waals surface area contributed by atoms with Crippen LogP contribution in [0.2, 0.25) is 0 Å². The molecule has 0 aliphatic rings. The summed E-state index contributed by atoms with van der Waals surface area (Å²) in [5.41, 5.74) is 4.69. The summed E-state index contributed by atoms with van der Waals surface area (Å²) >= 11 is 0. The minimum Gasteiger partial charge on any atom is -0.465 e. The van der Waals surface area contributed by atoms with Crippen LogP contribution in [0.1, 0.15) is 32.1 Å². The summed E-state index contributed by atoms with van der Waals surface area (Å²) in [5.74, 6) is -1.72. The van der Waals surface area contributed by atoms with Gasteiger partial charge in [-0.25, -0.2) is 9.78 Å². The SMILES string of the molecule is CN=Cc1cc(NC(=O)c2cccc(C(F)(F)F)n2)c(C(=O)OC)cc1N. The van der Waals surface area contributed by atoms with Crippen molar-refractivity contribution in [3.8, 4) is 0 Å². The first-order valence-corrected chi connectivity index (χ1v) is 7.47. The zero-order valence-corrected chi connectivity index (χ0v) is 14.3. The number of alkyl halides is 3. The van der Waals surface area contributed by atoms with Crippen molar-refractivity contribution in [3.63, 3.8) is 0 Å². The summed E-state index contributed by atoms with van der Waals surface area (Å²) in [6, 6.07) is 5.56. The first-order valence-electron chi connectivity index (χ1n) is 7.47. The number of carbonyl (C=O) groups excluding carboxylic acids is 2. The Balaban J connectivity index is 2.45. The van der Waals surface area contributed by atoms with Crippen molar-refractivity contribution in [1.29, 1.82) is 0 Å². The van der Waals surface area contributed by atoms with E-state index in [9.17, 15) is 22.8 Å². The van der Waals surface area contributed by atoms with E-state index in [-0.39, 0.29) is 16.9 Å². The largest absolute Gasteiger partial charge is 0.465 e. The van der Waals surface area contributed by atoms with Gasteiger partial charge < -0.3 is 15.8 Å². The molecule has 1 aromatic heterocycles. The number of nitrogens with one attached hydrogen (secondary N) is 1. The lowest BCUT2D eigenvalue weighted by molar-refractivity contribution is -0.141. The van der Waals surface area contributed by atoms with Crippen molar-refractivity contribution in [2.24, 2.45) is 4.99 Å². The summed E-state index contributed by atoms with van der Waals surface area (Å²) in [4.78, 5) is 31.4. The van der Waals surface area contributed by atoms with Gasteiger partial charge in [0.05, 0.1) is 18.4 Å². The smallest absolute Gasteiger partial charge is 0.433 e. The van der Waals surface area contributed by atoms with Gasteiger partial charge in [-0.1, -0.05) is 6.07 Å². The molecule has 142 valence electrons. The number of hydrogen-bond acceptors (Lipinski definition) is 6. The number of nitrogens with zero attached hydrogens (tertiary/aromatic N) is 2. The van der Waals surface area contributed by atoms with Gasteiger partial charge in [0.2, 0.25) is 0 Å². The van der Waals surface area contributed by atoms with Crippen LogP contribution in [0.15, 0.2) is 35.3 Å². The lowest BCUT2D eigenvalue weighted by Gasteiger charge is -2.13. The number of carbonyl (C=O) groups is 2. The highest BCUT2D eigenvalue weighted by Crippen LogP contribution is 2.28. The molecule has 0 bridgehead atoms. The molecule has 7 nitrogen and oxygen atoms in total. The normalized spacial score (nSPS) is 11.4. The molecule has 1 amide bonds. The fraction of sp³-hybridized carbons (Fsp3) is 0.176. The number of benzene rings is 1. The number of aromatic nitrogens is 1. The minimum absolute atomic E-state index is 0.00448. The van der Waals surface area contributed by atoms with Crippen LogP contribution in [0.5, 0.6) is 0 Å². The van der Waals surface area contributed by atoms with E-state index in [1.165, 1.54) is 25.4 Å². The summed E-state index contributed by atoms with van der Waals surface area (Å²) in [6.07, 6.45) is -3.30. The molecule has 1 heterocycles. The minimum atomic E-state index is -4.70. The maximum atomic E-state index is 12.8. The second kappa shape index (κ2) is 7.85. The maximum absolute atomic E-state index is 12.8. The highest BCUT2D eigenvalue weighted by atomic mass is 19.4. The third-order valence-electron chi connectivity index (χ3n) is 3.42. The van der Waals surface area contributed by atoms with Crippen molar-refractivity contribution in [2.45, 2.75) is 6.18 Å². The number of nitrogens with two attached hydrogens (primary N) is 1. The van der Waals surface area contributed by atoms with E-state index in [1.807, 2.05) is 0 Å². The van der Waals surface area contributed by atoms with E-state index in [4.69, 9.17) is 5.73 Å². The summed E-state index contributed by atoms with van der Waals surface area (Å²) in [6.45, 7) is 0. The molecule has 0 fully saturated rings. The van der Waals surface area contributed by atoms with Crippen LogP contribution < -0.4 is 11.1 Å². The lowest BCUT2D eigenvalue weighted by atomic mass is 10.1. The van der Waals surface area contributed by atoms with E-state index < -0.39 is 29.4 Å². The molecule has 0 saturated heterocycles. The van der Waals surface area contributed by atoms with Crippen molar-refractivity contribution in [2.75, 3.05) is 25.2 Å². The van der Waals surface area contributed by atoms with Gasteiger partial charge in [-0.3, -0.25) is 9.79 Å². The molecule has 27 heavy (non-hydrogen) atoms. The Kier molecular flexibility index (Phi) is 5.78. The fourth-order valence-electron chi connectivity index (χ4n) is 2.17. The van der Waals surface area contributed by atoms with Crippen molar-refractivity contribution in [1.82, 2.24) is 4.98 Å². The van der Waals surface area contributed by atoms with Crippen LogP contribution in [0.25, 0.3) is 0 Å². The number of ether oxygens (including phenoxy) is 1. The predicted molar refractivity (Wildman–Crippen MR) is 92.9 cm³/mol. The van der Waals surface area contributed by atoms with Gasteiger partial charge in [0.15, 0.2) is 0 Å². The second-order valence-electron chi connectivity index (χ2n) is 5.27. The Hall–Kier alpha value is -3.43. The molecule has 1 aromatic carbocycles. The molecule has 3 N–H and O–H groups in total. The summed E-state index contributed by atoms with van der Waals surface area (Å²) in [7, 11) is 2.64. The molecule has 10 heteroatoms. The molecule has 0 saturated carbocycles. The highest BCUT2D eigenvalue weighted by molar-refractivity contribution is 6.08. The van der Waals surface area contributed by atoms with Crippen LogP contribution in [0.3, 0.4) is 0 Å². The fourth-order valence-corrected chi connectivity index (χ4v) is 2.17. The van der Waals surface area contributed by atoms with Crippen LogP contribution in [0.4, 0.5) is 24.5 Å². The maximum Gasteiger partial charge on any atom is 0.433 e. The topological polar surface area (TPSA) is 107 Å². The van der Waals surface area contributed by atoms with Gasteiger partial charge in [0.25, 0.3) is 5.91 Å². The first kappa shape index (κ1) is 19.9. The molecule has 0 aliphatic heterocycles. The first-order chi connectivity index (χ1) is 12.7. The number of halogens is 3. The van der Waals surface area contributed by atoms with Gasteiger partial charge in [0.1, 0.15) is 11.4 Å². The molecular weight excluding hydrogens is 365 g/mol. The van der Waals surface area contributed by atoms with Crippen molar-refractivity contribution >= 4 is 29.5 Å². The van der Waals surface area contributed by atoms with Gasteiger partial charge in [0, 0.05) is 24.5 Å². The van der Waals surface area contributed by atoms with E-state index >= 15 is 0 Å². The second-order valence-corrected chi connectivity index (χ2v) is 5.27. The van der Waals surface area contributed by atoms with E-state index in [1.54, 1.807) is 0 Å². The summed E-state index contributed by atoms with van der Waals surface area (Å²) in [5, 5.41) is 2.36. The monoisotopic (exact) mass is 380 g/mol. The van der Waals surface area contributed by atoms with E-state index in [0.29, 0.717) is 5.56 Å². The zero-order valence-electron chi connectivity index (χ0n) is 14.3. The van der Waals surface area contributed by atoms with Crippen LogP contribution in [-0.4, -0.2) is 37.2 Å². The Morgan fingerprint density at radius 3 is 2.59 bits per heavy atom. The highest BCUT2D eigenvalue weighted by Gasteiger charge is 2.33. The number of hydrogen-bond donors (Lipinski definition) is 2. The van der Waals surface area contributed by atoms with E-state index in [0.717, 1.165) is 25.3 Å². The average molecular weight is 380 g/mol. The number of pyridine rings is 1. The molecule has 0 unspecified atom stereocenters. The quantitative estimate of drug-likeness (QED) is 0.482. The molecular formula is C17H15F3N4O3. The van der Waals surface area contributed by atoms with Crippen molar-refractivity contribution in [3.05, 3.63) is 52.8 Å². The number of anilines is 2. The molecule has 0 spiro atoms. The van der Waals surface area contributed by atoms with E-state index in [2.05, 4.69) is 20.0 Å². The molecule has 2 rings (SSSR count). The average Bonchev–Trinajstić information content (AvgIpc) is 2.63. The van der Waals surface area contributed by atoms with Crippen LogP contribution in [-0.2, 0) is 10.9 Å². The Morgan fingerprint density at radius 2 is 2.00 bits per heavy atom. The number of rotatable bonds is 4. The number of aliphatic imine (C=N–C) groups is 1. The Morgan fingerprint density at radius 1 is 1.30 bits per heavy atom. The standard InChI is InChI=1S/C17H15F3N4O3/c1-22-8-9-6-13(10(7-11(9)21)16(26)27-2)24-15(25)12-4-3-5-14(23-12)17(18,19)20/h3-8H,21H2,1-2H3,(H,24,25). The zero-order chi connectivity index (χ0) is 20.2. The van der Waals surface area contributed by atoms with Crippen LogP contribution >= 0.6 is 0 Å². The third kappa shape index (κ3) is 4.60. The number of esters is 1. The van der Waals surface area contributed by atoms with Gasteiger partial charge >= 0.3 is 12.1 Å². The number of methoxy groups -OCH3 is 1. The van der Waals surface area contributed by atoms with Gasteiger partial charge in [-0.2, -0.15) is 13.2 Å². The predicted octanol–water partition coefficient (Wildman–Crippen LogP) is 2.77. The Labute approximate surface area is 152 Å². The lowest BCUT2D eigenvalue weighted by Crippen LogP contribution is -2.19. The number of amides is 1. The third-order valence-corrected chi connectivity index (χ3v) is 3.42. The molecule has 2 aromatic rings. The van der Waals surface area contributed by atoms with Gasteiger partial charge in [-0.05, 0) is 24.3 Å². The van der Waals surface area contributed by atoms with Gasteiger partial charge in [-0.15, -0.1) is 0 Å². The number of nitrogen functional groups attached to an aromatic ring is 1. The Bertz CT molecular complexity index is 911. The molecule has 0 radical (unpaired) electrons. The summed E-state index contributed by atoms with van der Waals surface area (Å²) < 4.78 is 43.0. The van der Waals surface area contributed by atoms with Crippen molar-refractivity contribution < 1.29 is 27.5 Å².